The first-order valence-corrected chi connectivity index (χ1v) is 6.97. The predicted molar refractivity (Wildman–Crippen MR) is 84.2 cm³/mol. The summed E-state index contributed by atoms with van der Waals surface area (Å²) >= 11 is 0. The van der Waals surface area contributed by atoms with Crippen molar-refractivity contribution in [3.05, 3.63) is 42.0 Å². The zero-order valence-corrected chi connectivity index (χ0v) is 12.9. The Morgan fingerprint density at radius 1 is 0.958 bits per heavy atom. The van der Waals surface area contributed by atoms with Gasteiger partial charge < -0.3 is 19.6 Å². The number of halogens is 3. The van der Waals surface area contributed by atoms with Crippen molar-refractivity contribution in [2.75, 3.05) is 20.0 Å². The molecule has 0 amide bonds. The Morgan fingerprint density at radius 2 is 1.62 bits per heavy atom. The van der Waals surface area contributed by atoms with Crippen molar-refractivity contribution in [2.24, 2.45) is 0 Å². The summed E-state index contributed by atoms with van der Waals surface area (Å²) in [5.41, 5.74) is 5.26. The number of ether oxygens (including phenoxy) is 2. The van der Waals surface area contributed by atoms with Crippen LogP contribution in [0.15, 0.2) is 40.8 Å². The van der Waals surface area contributed by atoms with Gasteiger partial charge in [0, 0.05) is 10.9 Å². The van der Waals surface area contributed by atoms with E-state index in [9.17, 15) is 13.2 Å². The highest BCUT2D eigenvalue weighted by Gasteiger charge is 2.39. The first-order chi connectivity index (χ1) is 11.4. The second-order valence-corrected chi connectivity index (χ2v) is 5.09. The molecule has 0 aliphatic rings. The Kier molecular flexibility index (Phi) is 3.79. The van der Waals surface area contributed by atoms with Gasteiger partial charge in [0.2, 0.25) is 0 Å². The van der Waals surface area contributed by atoms with Crippen molar-refractivity contribution >= 4 is 16.7 Å². The third-order valence-electron chi connectivity index (χ3n) is 3.71. The van der Waals surface area contributed by atoms with Crippen LogP contribution in [0.5, 0.6) is 11.5 Å². The molecule has 0 fully saturated rings. The number of hydrogen-bond acceptors (Lipinski definition) is 4. The number of methoxy groups -OCH3 is 2. The molecule has 126 valence electrons. The van der Waals surface area contributed by atoms with Crippen LogP contribution in [-0.2, 0) is 6.18 Å². The zero-order chi connectivity index (χ0) is 17.5. The molecule has 1 heterocycles. The van der Waals surface area contributed by atoms with Crippen molar-refractivity contribution in [1.82, 2.24) is 0 Å². The molecule has 3 rings (SSSR count). The molecule has 4 nitrogen and oxygen atoms in total. The Hall–Kier alpha value is -2.83. The Balaban J connectivity index is 2.31. The number of rotatable bonds is 3. The molecule has 0 radical (unpaired) electrons. The monoisotopic (exact) mass is 337 g/mol. The van der Waals surface area contributed by atoms with E-state index < -0.39 is 11.7 Å². The maximum atomic E-state index is 13.6. The van der Waals surface area contributed by atoms with E-state index in [2.05, 4.69) is 0 Å². The fourth-order valence-electron chi connectivity index (χ4n) is 2.57. The van der Waals surface area contributed by atoms with Crippen molar-refractivity contribution in [1.29, 1.82) is 0 Å². The van der Waals surface area contributed by atoms with Gasteiger partial charge in [0.15, 0.2) is 5.58 Å². The average Bonchev–Trinajstić information content (AvgIpc) is 2.96. The molecule has 0 aliphatic carbocycles. The lowest BCUT2D eigenvalue weighted by Gasteiger charge is -2.08. The van der Waals surface area contributed by atoms with Gasteiger partial charge in [-0.05, 0) is 36.4 Å². The third-order valence-corrected chi connectivity index (χ3v) is 3.71. The molecule has 2 N–H and O–H groups in total. The van der Waals surface area contributed by atoms with Crippen molar-refractivity contribution < 1.29 is 27.1 Å². The lowest BCUT2D eigenvalue weighted by molar-refractivity contribution is -0.136. The average molecular weight is 337 g/mol. The number of anilines is 1. The molecule has 0 aliphatic heterocycles. The molecule has 0 bridgehead atoms. The van der Waals surface area contributed by atoms with E-state index in [1.807, 2.05) is 0 Å². The Labute approximate surface area is 135 Å². The number of hydrogen-bond donors (Lipinski definition) is 1. The number of fused-ring (bicyclic) bond motifs is 1. The van der Waals surface area contributed by atoms with E-state index in [1.54, 1.807) is 12.1 Å². The molecule has 0 unspecified atom stereocenters. The van der Waals surface area contributed by atoms with Crippen LogP contribution in [0.4, 0.5) is 18.9 Å². The van der Waals surface area contributed by atoms with E-state index in [0.29, 0.717) is 5.75 Å². The molecule has 0 atom stereocenters. The highest BCUT2D eigenvalue weighted by Crippen LogP contribution is 2.46. The van der Waals surface area contributed by atoms with Crippen LogP contribution in [-0.4, -0.2) is 14.2 Å². The van der Waals surface area contributed by atoms with Crippen molar-refractivity contribution in [2.45, 2.75) is 6.18 Å². The molecule has 7 heteroatoms. The van der Waals surface area contributed by atoms with Crippen molar-refractivity contribution in [3.8, 4) is 22.8 Å². The van der Waals surface area contributed by atoms with E-state index >= 15 is 0 Å². The van der Waals surface area contributed by atoms with E-state index in [4.69, 9.17) is 19.6 Å². The van der Waals surface area contributed by atoms with Crippen LogP contribution >= 0.6 is 0 Å². The predicted octanol–water partition coefficient (Wildman–Crippen LogP) is 4.72. The van der Waals surface area contributed by atoms with Gasteiger partial charge in [0.25, 0.3) is 0 Å². The smallest absolute Gasteiger partial charge is 0.420 e. The lowest BCUT2D eigenvalue weighted by atomic mass is 10.0. The van der Waals surface area contributed by atoms with Gasteiger partial charge in [0.1, 0.15) is 28.5 Å². The van der Waals surface area contributed by atoms with Gasteiger partial charge >= 0.3 is 6.18 Å². The van der Waals surface area contributed by atoms with Crippen LogP contribution in [0.1, 0.15) is 5.56 Å². The Bertz CT molecular complexity index is 883. The van der Waals surface area contributed by atoms with Gasteiger partial charge in [-0.1, -0.05) is 0 Å². The summed E-state index contributed by atoms with van der Waals surface area (Å²) in [5.74, 6) is 0.496. The highest BCUT2D eigenvalue weighted by molar-refractivity contribution is 5.97. The highest BCUT2D eigenvalue weighted by atomic mass is 19.4. The van der Waals surface area contributed by atoms with Crippen LogP contribution < -0.4 is 15.2 Å². The minimum Gasteiger partial charge on any atom is -0.497 e. The minimum atomic E-state index is -4.60. The molecule has 0 saturated carbocycles. The van der Waals surface area contributed by atoms with E-state index in [1.165, 1.54) is 38.5 Å². The second kappa shape index (κ2) is 5.67. The largest absolute Gasteiger partial charge is 0.497 e. The van der Waals surface area contributed by atoms with E-state index in [-0.39, 0.29) is 33.7 Å². The van der Waals surface area contributed by atoms with Crippen LogP contribution in [0.25, 0.3) is 22.3 Å². The molecule has 3 aromatic rings. The number of nitrogens with two attached hydrogens (primary N) is 1. The molecule has 0 spiro atoms. The van der Waals surface area contributed by atoms with Gasteiger partial charge in [-0.15, -0.1) is 0 Å². The summed E-state index contributed by atoms with van der Waals surface area (Å²) in [6, 6.07) is 8.81. The van der Waals surface area contributed by atoms with Crippen LogP contribution in [0.2, 0.25) is 0 Å². The summed E-state index contributed by atoms with van der Waals surface area (Å²) in [7, 11) is 2.86. The van der Waals surface area contributed by atoms with Crippen molar-refractivity contribution in [3.63, 3.8) is 0 Å². The maximum absolute atomic E-state index is 13.6. The van der Waals surface area contributed by atoms with Gasteiger partial charge in [-0.25, -0.2) is 0 Å². The molecule has 0 saturated heterocycles. The number of alkyl halides is 3. The lowest BCUT2D eigenvalue weighted by Crippen LogP contribution is -2.05. The Morgan fingerprint density at radius 3 is 2.17 bits per heavy atom. The van der Waals surface area contributed by atoms with Gasteiger partial charge in [-0.3, -0.25) is 0 Å². The molecule has 2 aromatic carbocycles. The fourth-order valence-corrected chi connectivity index (χ4v) is 2.57. The topological polar surface area (TPSA) is 57.6 Å². The first-order valence-electron chi connectivity index (χ1n) is 6.97. The fraction of sp³-hybridized carbons (Fsp3) is 0.176. The summed E-state index contributed by atoms with van der Waals surface area (Å²) < 4.78 is 56.4. The molecule has 24 heavy (non-hydrogen) atoms. The summed E-state index contributed by atoms with van der Waals surface area (Å²) in [6.07, 6.45) is -4.60. The van der Waals surface area contributed by atoms with Crippen LogP contribution in [0, 0.1) is 0 Å². The summed E-state index contributed by atoms with van der Waals surface area (Å²) in [5, 5.41) is -0.105. The molecular weight excluding hydrogens is 323 g/mol. The molecular formula is C17H14F3NO3. The zero-order valence-electron chi connectivity index (χ0n) is 12.9. The SMILES string of the molecule is COc1ccc(-c2oc3c(N)c(OC)ccc3c2C(F)(F)F)cc1. The quantitative estimate of drug-likeness (QED) is 0.703. The number of furan rings is 1. The minimum absolute atomic E-state index is 0.0280. The second-order valence-electron chi connectivity index (χ2n) is 5.09. The standard InChI is InChI=1S/C17H14F3NO3/c1-22-10-5-3-9(4-6-10)15-13(17(18,19)20)11-7-8-12(23-2)14(21)16(11)24-15/h3-8H,21H2,1-2H3. The normalized spacial score (nSPS) is 11.7. The summed E-state index contributed by atoms with van der Waals surface area (Å²) in [4.78, 5) is 0. The van der Waals surface area contributed by atoms with Crippen LogP contribution in [0.3, 0.4) is 0 Å². The van der Waals surface area contributed by atoms with Gasteiger partial charge in [0.05, 0.1) is 14.2 Å². The molecule has 1 aromatic heterocycles. The first kappa shape index (κ1) is 16.0. The van der Waals surface area contributed by atoms with Gasteiger partial charge in [-0.2, -0.15) is 13.2 Å². The number of nitrogen functional groups attached to an aromatic ring is 1. The van der Waals surface area contributed by atoms with E-state index in [0.717, 1.165) is 0 Å². The third kappa shape index (κ3) is 2.51. The summed E-state index contributed by atoms with van der Waals surface area (Å²) in [6.45, 7) is 0. The number of benzene rings is 2. The maximum Gasteiger partial charge on any atom is 0.420 e.